The highest BCUT2D eigenvalue weighted by atomic mass is 32.2. The Morgan fingerprint density at radius 2 is 1.95 bits per heavy atom. The van der Waals surface area contributed by atoms with Gasteiger partial charge in [-0.25, -0.2) is 0 Å². The van der Waals surface area contributed by atoms with E-state index in [0.29, 0.717) is 6.54 Å². The lowest BCUT2D eigenvalue weighted by molar-refractivity contribution is -0.121. The van der Waals surface area contributed by atoms with Gasteiger partial charge in [0.25, 0.3) is 10.2 Å². The van der Waals surface area contributed by atoms with Crippen molar-refractivity contribution in [2.24, 2.45) is 5.92 Å². The summed E-state index contributed by atoms with van der Waals surface area (Å²) in [6.45, 7) is 0.420. The molecular weight excluding hydrogens is 295 g/mol. The smallest absolute Gasteiger partial charge is 0.316 e. The van der Waals surface area contributed by atoms with Crippen LogP contribution in [0.2, 0.25) is 0 Å². The summed E-state index contributed by atoms with van der Waals surface area (Å²) >= 11 is 0. The zero-order valence-electron chi connectivity index (χ0n) is 11.1. The summed E-state index contributed by atoms with van der Waals surface area (Å²) in [7, 11) is -4.06. The molecule has 0 radical (unpaired) electrons. The topological polar surface area (TPSA) is 61.4 Å². The van der Waals surface area contributed by atoms with E-state index in [1.54, 1.807) is 4.72 Å². The lowest BCUT2D eigenvalue weighted by Gasteiger charge is -2.29. The molecule has 1 saturated heterocycles. The standard InChI is InChI=1S/C11H20F3N3O2S/c12-11(13,14)8-16-20(18,19)17(10-3-4-10)7-9-2-1-5-15-6-9/h9-10,15-16H,1-8H2. The Balaban J connectivity index is 1.96. The monoisotopic (exact) mass is 315 g/mol. The summed E-state index contributed by atoms with van der Waals surface area (Å²) in [5.41, 5.74) is 0. The van der Waals surface area contributed by atoms with Crippen molar-refractivity contribution >= 4 is 10.2 Å². The Hall–Kier alpha value is -0.380. The van der Waals surface area contributed by atoms with E-state index in [0.717, 1.165) is 38.8 Å². The molecule has 118 valence electrons. The summed E-state index contributed by atoms with van der Waals surface area (Å²) in [4.78, 5) is 0. The second-order valence-corrected chi connectivity index (χ2v) is 7.16. The molecule has 0 spiro atoms. The number of hydrogen-bond donors (Lipinski definition) is 2. The van der Waals surface area contributed by atoms with Gasteiger partial charge in [0.1, 0.15) is 6.54 Å². The molecule has 1 aliphatic heterocycles. The van der Waals surface area contributed by atoms with Crippen molar-refractivity contribution in [1.29, 1.82) is 0 Å². The van der Waals surface area contributed by atoms with Crippen LogP contribution in [0.5, 0.6) is 0 Å². The Kier molecular flexibility index (Phi) is 4.93. The van der Waals surface area contributed by atoms with Crippen LogP contribution in [-0.4, -0.2) is 51.1 Å². The minimum absolute atomic E-state index is 0.136. The van der Waals surface area contributed by atoms with E-state index in [-0.39, 0.29) is 12.0 Å². The van der Waals surface area contributed by atoms with Crippen LogP contribution in [0.3, 0.4) is 0 Å². The van der Waals surface area contributed by atoms with Crippen molar-refractivity contribution in [3.8, 4) is 0 Å². The van der Waals surface area contributed by atoms with E-state index in [1.165, 1.54) is 4.31 Å². The normalized spacial score (nSPS) is 25.1. The number of rotatable bonds is 6. The number of piperidine rings is 1. The lowest BCUT2D eigenvalue weighted by Crippen LogP contribution is -2.48. The molecule has 0 aromatic rings. The number of nitrogens with one attached hydrogen (secondary N) is 2. The maximum Gasteiger partial charge on any atom is 0.402 e. The Bertz CT molecular complexity index is 417. The first kappa shape index (κ1) is 16.0. The molecule has 0 bridgehead atoms. The van der Waals surface area contributed by atoms with Crippen molar-refractivity contribution in [3.05, 3.63) is 0 Å². The Labute approximate surface area is 117 Å². The predicted molar refractivity (Wildman–Crippen MR) is 68.3 cm³/mol. The molecule has 2 aliphatic rings. The molecule has 0 amide bonds. The van der Waals surface area contributed by atoms with Gasteiger partial charge in [-0.2, -0.15) is 30.6 Å². The van der Waals surface area contributed by atoms with Crippen LogP contribution in [0.4, 0.5) is 13.2 Å². The van der Waals surface area contributed by atoms with E-state index >= 15 is 0 Å². The van der Waals surface area contributed by atoms with Crippen molar-refractivity contribution in [2.75, 3.05) is 26.2 Å². The Morgan fingerprint density at radius 3 is 2.45 bits per heavy atom. The summed E-state index contributed by atoms with van der Waals surface area (Å²) in [6, 6.07) is -0.136. The predicted octanol–water partition coefficient (Wildman–Crippen LogP) is 0.847. The van der Waals surface area contributed by atoms with Gasteiger partial charge in [-0.1, -0.05) is 0 Å². The molecule has 1 unspecified atom stereocenters. The maximum absolute atomic E-state index is 12.2. The molecule has 1 saturated carbocycles. The van der Waals surface area contributed by atoms with Gasteiger partial charge < -0.3 is 5.32 Å². The minimum Gasteiger partial charge on any atom is -0.316 e. The van der Waals surface area contributed by atoms with E-state index < -0.39 is 22.9 Å². The van der Waals surface area contributed by atoms with Crippen LogP contribution < -0.4 is 10.0 Å². The number of nitrogens with zero attached hydrogens (tertiary/aromatic N) is 1. The molecule has 0 aromatic carbocycles. The zero-order valence-corrected chi connectivity index (χ0v) is 11.9. The van der Waals surface area contributed by atoms with Crippen LogP contribution in [0.1, 0.15) is 25.7 Å². The molecule has 2 fully saturated rings. The second kappa shape index (κ2) is 6.17. The first-order chi connectivity index (χ1) is 9.28. The van der Waals surface area contributed by atoms with Crippen LogP contribution in [0.25, 0.3) is 0 Å². The van der Waals surface area contributed by atoms with Crippen LogP contribution in [-0.2, 0) is 10.2 Å². The molecule has 1 heterocycles. The van der Waals surface area contributed by atoms with E-state index in [9.17, 15) is 21.6 Å². The Morgan fingerprint density at radius 1 is 1.25 bits per heavy atom. The fourth-order valence-corrected chi connectivity index (χ4v) is 3.92. The molecule has 9 heteroatoms. The van der Waals surface area contributed by atoms with Crippen LogP contribution >= 0.6 is 0 Å². The third kappa shape index (κ3) is 4.87. The lowest BCUT2D eigenvalue weighted by atomic mass is 10.00. The van der Waals surface area contributed by atoms with Crippen molar-refractivity contribution in [2.45, 2.75) is 37.9 Å². The van der Waals surface area contributed by atoms with E-state index in [4.69, 9.17) is 0 Å². The van der Waals surface area contributed by atoms with Crippen LogP contribution in [0.15, 0.2) is 0 Å². The fraction of sp³-hybridized carbons (Fsp3) is 1.00. The third-order valence-electron chi connectivity index (χ3n) is 3.55. The van der Waals surface area contributed by atoms with Crippen molar-refractivity contribution in [1.82, 2.24) is 14.3 Å². The molecule has 2 rings (SSSR count). The van der Waals surface area contributed by atoms with Crippen LogP contribution in [0, 0.1) is 5.92 Å². The summed E-state index contributed by atoms with van der Waals surface area (Å²) < 4.78 is 63.4. The number of alkyl halides is 3. The van der Waals surface area contributed by atoms with Gasteiger partial charge in [-0.05, 0) is 44.7 Å². The first-order valence-electron chi connectivity index (χ1n) is 6.82. The molecule has 2 N–H and O–H groups in total. The average molecular weight is 315 g/mol. The molecule has 0 aromatic heterocycles. The number of halogens is 3. The second-order valence-electron chi connectivity index (χ2n) is 5.45. The van der Waals surface area contributed by atoms with Gasteiger partial charge in [-0.15, -0.1) is 0 Å². The van der Waals surface area contributed by atoms with Gasteiger partial charge in [0.05, 0.1) is 0 Å². The molecular formula is C11H20F3N3O2S. The largest absolute Gasteiger partial charge is 0.402 e. The van der Waals surface area contributed by atoms with Gasteiger partial charge in [0, 0.05) is 12.6 Å². The zero-order chi connectivity index (χ0) is 14.8. The van der Waals surface area contributed by atoms with Gasteiger partial charge in [0.2, 0.25) is 0 Å². The fourth-order valence-electron chi connectivity index (χ4n) is 2.40. The van der Waals surface area contributed by atoms with Crippen molar-refractivity contribution in [3.63, 3.8) is 0 Å². The molecule has 20 heavy (non-hydrogen) atoms. The highest BCUT2D eigenvalue weighted by Crippen LogP contribution is 2.30. The van der Waals surface area contributed by atoms with E-state index in [1.807, 2.05) is 0 Å². The molecule has 5 nitrogen and oxygen atoms in total. The number of hydrogen-bond acceptors (Lipinski definition) is 3. The highest BCUT2D eigenvalue weighted by Gasteiger charge is 2.40. The summed E-state index contributed by atoms with van der Waals surface area (Å²) in [5.74, 6) is 0.173. The SMILES string of the molecule is O=S(=O)(NCC(F)(F)F)N(CC1CCCNC1)C1CC1. The summed E-state index contributed by atoms with van der Waals surface area (Å²) in [5, 5.41) is 3.19. The molecule has 1 atom stereocenters. The third-order valence-corrected chi connectivity index (χ3v) is 5.13. The summed E-state index contributed by atoms with van der Waals surface area (Å²) in [6.07, 6.45) is -1.20. The highest BCUT2D eigenvalue weighted by molar-refractivity contribution is 7.87. The van der Waals surface area contributed by atoms with Gasteiger partial charge >= 0.3 is 6.18 Å². The molecule has 1 aliphatic carbocycles. The van der Waals surface area contributed by atoms with Crippen molar-refractivity contribution < 1.29 is 21.6 Å². The van der Waals surface area contributed by atoms with Gasteiger partial charge in [-0.3, -0.25) is 0 Å². The van der Waals surface area contributed by atoms with E-state index in [2.05, 4.69) is 5.32 Å². The average Bonchev–Trinajstić information content (AvgIpc) is 3.18. The van der Waals surface area contributed by atoms with Gasteiger partial charge in [0.15, 0.2) is 0 Å². The minimum atomic E-state index is -4.53. The maximum atomic E-state index is 12.2. The first-order valence-corrected chi connectivity index (χ1v) is 8.26. The quantitative estimate of drug-likeness (QED) is 0.764.